The summed E-state index contributed by atoms with van der Waals surface area (Å²) in [5.74, 6) is 0.930. The molecule has 6 heteroatoms. The molecule has 5 nitrogen and oxygen atoms in total. The highest BCUT2D eigenvalue weighted by molar-refractivity contribution is 6.30. The van der Waals surface area contributed by atoms with Gasteiger partial charge in [0.15, 0.2) is 0 Å². The molecule has 1 amide bonds. The number of methoxy groups -OCH3 is 1. The molecule has 1 N–H and O–H groups in total. The molecule has 3 atom stereocenters. The molecule has 2 fully saturated rings. The second-order valence-corrected chi connectivity index (χ2v) is 7.50. The number of nitrogens with one attached hydrogen (secondary N) is 1. The van der Waals surface area contributed by atoms with Crippen LogP contribution in [0.2, 0.25) is 5.02 Å². The van der Waals surface area contributed by atoms with Crippen molar-refractivity contribution in [2.24, 2.45) is 5.92 Å². The molecular formula is C18H22ClNO4. The fourth-order valence-electron chi connectivity index (χ4n) is 4.05. The van der Waals surface area contributed by atoms with Gasteiger partial charge < -0.3 is 19.5 Å². The normalized spacial score (nSPS) is 33.8. The maximum absolute atomic E-state index is 12.7. The van der Waals surface area contributed by atoms with E-state index in [1.807, 2.05) is 18.2 Å². The van der Waals surface area contributed by atoms with Crippen molar-refractivity contribution in [3.05, 3.63) is 28.8 Å². The third-order valence-corrected chi connectivity index (χ3v) is 6.00. The fraction of sp³-hybridized carbons (Fsp3) is 0.611. The summed E-state index contributed by atoms with van der Waals surface area (Å²) in [6, 6.07) is 5.69. The van der Waals surface area contributed by atoms with E-state index in [-0.39, 0.29) is 22.8 Å². The van der Waals surface area contributed by atoms with Crippen LogP contribution in [0.25, 0.3) is 0 Å². The van der Waals surface area contributed by atoms with E-state index in [1.165, 1.54) is 0 Å². The van der Waals surface area contributed by atoms with Crippen LogP contribution >= 0.6 is 11.6 Å². The smallest absolute Gasteiger partial charge is 0.224 e. The predicted octanol–water partition coefficient (Wildman–Crippen LogP) is 2.30. The summed E-state index contributed by atoms with van der Waals surface area (Å²) in [6.07, 6.45) is 2.52. The quantitative estimate of drug-likeness (QED) is 0.904. The molecule has 1 saturated carbocycles. The van der Waals surface area contributed by atoms with Gasteiger partial charge in [0, 0.05) is 48.6 Å². The number of hydrogen-bond donors (Lipinski definition) is 1. The Morgan fingerprint density at radius 2 is 2.29 bits per heavy atom. The van der Waals surface area contributed by atoms with Crippen molar-refractivity contribution in [1.82, 2.24) is 5.32 Å². The summed E-state index contributed by atoms with van der Waals surface area (Å²) >= 11 is 6.16. The van der Waals surface area contributed by atoms with Gasteiger partial charge in [-0.05, 0) is 31.0 Å². The van der Waals surface area contributed by atoms with Crippen molar-refractivity contribution in [2.75, 3.05) is 33.5 Å². The van der Waals surface area contributed by atoms with E-state index in [4.69, 9.17) is 25.8 Å². The van der Waals surface area contributed by atoms with Gasteiger partial charge in [-0.2, -0.15) is 0 Å². The van der Waals surface area contributed by atoms with Crippen LogP contribution in [-0.4, -0.2) is 45.0 Å². The minimum absolute atomic E-state index is 0.0187. The van der Waals surface area contributed by atoms with Gasteiger partial charge >= 0.3 is 0 Å². The zero-order valence-corrected chi connectivity index (χ0v) is 14.5. The maximum atomic E-state index is 12.7. The predicted molar refractivity (Wildman–Crippen MR) is 89.5 cm³/mol. The summed E-state index contributed by atoms with van der Waals surface area (Å²) < 4.78 is 16.7. The summed E-state index contributed by atoms with van der Waals surface area (Å²) in [7, 11) is 1.68. The number of rotatable bonds is 4. The van der Waals surface area contributed by atoms with E-state index < -0.39 is 0 Å². The number of benzene rings is 1. The number of fused-ring (bicyclic) bond motifs is 2. The third-order valence-electron chi connectivity index (χ3n) is 5.76. The van der Waals surface area contributed by atoms with E-state index in [0.29, 0.717) is 31.4 Å². The average Bonchev–Trinajstić information content (AvgIpc) is 3.11. The molecule has 0 bridgehead atoms. The van der Waals surface area contributed by atoms with Gasteiger partial charge in [0.1, 0.15) is 11.4 Å². The van der Waals surface area contributed by atoms with Crippen LogP contribution < -0.4 is 10.1 Å². The van der Waals surface area contributed by atoms with Gasteiger partial charge in [-0.3, -0.25) is 4.79 Å². The molecule has 0 aromatic heterocycles. The van der Waals surface area contributed by atoms with Crippen molar-refractivity contribution >= 4 is 17.5 Å². The molecule has 1 spiro atoms. The molecule has 2 heterocycles. The van der Waals surface area contributed by atoms with Crippen LogP contribution in [0.5, 0.6) is 5.75 Å². The lowest BCUT2D eigenvalue weighted by molar-refractivity contribution is -0.124. The lowest BCUT2D eigenvalue weighted by atomic mass is 9.87. The van der Waals surface area contributed by atoms with Gasteiger partial charge in [-0.25, -0.2) is 0 Å². The summed E-state index contributed by atoms with van der Waals surface area (Å²) in [4.78, 5) is 12.7. The van der Waals surface area contributed by atoms with Gasteiger partial charge in [0.25, 0.3) is 0 Å². The van der Waals surface area contributed by atoms with E-state index in [1.54, 1.807) is 7.11 Å². The molecule has 3 aliphatic rings. The van der Waals surface area contributed by atoms with Crippen LogP contribution in [0.4, 0.5) is 0 Å². The van der Waals surface area contributed by atoms with Crippen molar-refractivity contribution in [2.45, 2.75) is 30.3 Å². The van der Waals surface area contributed by atoms with Gasteiger partial charge in [0.2, 0.25) is 5.91 Å². The van der Waals surface area contributed by atoms with Crippen LogP contribution in [0.15, 0.2) is 18.2 Å². The number of carbonyl (C=O) groups excluding carboxylic acids is 1. The van der Waals surface area contributed by atoms with E-state index in [2.05, 4.69) is 5.32 Å². The SMILES string of the molecule is COC1(CNC(=O)[C@@H]2C[C@]23CCOc2ccc(Cl)cc23)CCOC1. The minimum atomic E-state index is -0.380. The Kier molecular flexibility index (Phi) is 3.98. The topological polar surface area (TPSA) is 56.8 Å². The second kappa shape index (κ2) is 5.90. The first-order chi connectivity index (χ1) is 11.6. The first-order valence-electron chi connectivity index (χ1n) is 8.42. The maximum Gasteiger partial charge on any atom is 0.224 e. The second-order valence-electron chi connectivity index (χ2n) is 7.06. The Balaban J connectivity index is 1.46. The van der Waals surface area contributed by atoms with Gasteiger partial charge in [0.05, 0.1) is 13.2 Å². The summed E-state index contributed by atoms with van der Waals surface area (Å²) in [6.45, 7) is 2.36. The molecule has 130 valence electrons. The lowest BCUT2D eigenvalue weighted by Gasteiger charge is -2.28. The molecule has 1 saturated heterocycles. The Hall–Kier alpha value is -1.30. The van der Waals surface area contributed by atoms with Crippen molar-refractivity contribution in [3.8, 4) is 5.75 Å². The molecular weight excluding hydrogens is 330 g/mol. The van der Waals surface area contributed by atoms with E-state index in [9.17, 15) is 4.79 Å². The van der Waals surface area contributed by atoms with Crippen LogP contribution in [0, 0.1) is 5.92 Å². The first-order valence-corrected chi connectivity index (χ1v) is 8.80. The van der Waals surface area contributed by atoms with Crippen LogP contribution in [0.1, 0.15) is 24.8 Å². The van der Waals surface area contributed by atoms with Crippen molar-refractivity contribution in [1.29, 1.82) is 0 Å². The van der Waals surface area contributed by atoms with Gasteiger partial charge in [-0.15, -0.1) is 0 Å². The van der Waals surface area contributed by atoms with Crippen LogP contribution in [0.3, 0.4) is 0 Å². The number of carbonyl (C=O) groups is 1. The monoisotopic (exact) mass is 351 g/mol. The third kappa shape index (κ3) is 2.59. The number of halogens is 1. The average molecular weight is 352 g/mol. The largest absolute Gasteiger partial charge is 0.493 e. The van der Waals surface area contributed by atoms with E-state index in [0.717, 1.165) is 30.6 Å². The van der Waals surface area contributed by atoms with E-state index >= 15 is 0 Å². The molecule has 2 aliphatic heterocycles. The Labute approximate surface area is 146 Å². The van der Waals surface area contributed by atoms with Crippen molar-refractivity contribution in [3.63, 3.8) is 0 Å². The highest BCUT2D eigenvalue weighted by Crippen LogP contribution is 2.61. The number of amides is 1. The molecule has 1 unspecified atom stereocenters. The van der Waals surface area contributed by atoms with Gasteiger partial charge in [-0.1, -0.05) is 11.6 Å². The molecule has 1 aromatic carbocycles. The molecule has 24 heavy (non-hydrogen) atoms. The Morgan fingerprint density at radius 1 is 1.42 bits per heavy atom. The number of hydrogen-bond acceptors (Lipinski definition) is 4. The number of ether oxygens (including phenoxy) is 3. The molecule has 0 radical (unpaired) electrons. The highest BCUT2D eigenvalue weighted by atomic mass is 35.5. The summed E-state index contributed by atoms with van der Waals surface area (Å²) in [5, 5.41) is 3.76. The van der Waals surface area contributed by atoms with Crippen LogP contribution in [-0.2, 0) is 19.7 Å². The minimum Gasteiger partial charge on any atom is -0.493 e. The molecule has 1 aromatic rings. The molecule has 1 aliphatic carbocycles. The molecule has 4 rings (SSSR count). The zero-order chi connectivity index (χ0) is 16.8. The zero-order valence-electron chi connectivity index (χ0n) is 13.8. The standard InChI is InChI=1S/C18H22ClNO4/c1-22-17(4-6-23-11-17)10-20-16(21)14-9-18(14)5-7-24-15-3-2-12(19)8-13(15)18/h2-3,8,14H,4-7,9-11H2,1H3,(H,20,21)/t14-,17?,18-/m0/s1. The fourth-order valence-corrected chi connectivity index (χ4v) is 4.22. The Bertz CT molecular complexity index is 658. The Morgan fingerprint density at radius 3 is 3.04 bits per heavy atom. The lowest BCUT2D eigenvalue weighted by Crippen LogP contribution is -2.46. The van der Waals surface area contributed by atoms with Crippen molar-refractivity contribution < 1.29 is 19.0 Å². The highest BCUT2D eigenvalue weighted by Gasteiger charge is 2.61. The first kappa shape index (κ1) is 16.2. The summed E-state index contributed by atoms with van der Waals surface area (Å²) in [5.41, 5.74) is 0.580.